The van der Waals surface area contributed by atoms with Crippen LogP contribution < -0.4 is 5.32 Å². The van der Waals surface area contributed by atoms with Gasteiger partial charge in [0.05, 0.1) is 25.5 Å². The fraction of sp³-hybridized carbons (Fsp3) is 0.438. The summed E-state index contributed by atoms with van der Waals surface area (Å²) in [6, 6.07) is 8.12. The van der Waals surface area contributed by atoms with Crippen LogP contribution >= 0.6 is 11.6 Å². The minimum atomic E-state index is 0.745. The van der Waals surface area contributed by atoms with Crippen molar-refractivity contribution < 1.29 is 4.74 Å². The number of ether oxygens (including phenoxy) is 1. The number of nitrogens with zero attached hydrogens (tertiary/aromatic N) is 3. The van der Waals surface area contributed by atoms with Gasteiger partial charge < -0.3 is 10.1 Å². The van der Waals surface area contributed by atoms with Gasteiger partial charge in [-0.05, 0) is 29.8 Å². The van der Waals surface area contributed by atoms with Crippen molar-refractivity contribution in [3.8, 4) is 0 Å². The third-order valence-electron chi connectivity index (χ3n) is 3.94. The molecular formula is C16H21ClN4O. The SMILES string of the molecule is Cn1nccc1CNc1ccc(Cl)c(CN2CCOCC2)c1. The van der Waals surface area contributed by atoms with Gasteiger partial charge in [-0.2, -0.15) is 5.10 Å². The Morgan fingerprint density at radius 1 is 1.27 bits per heavy atom. The van der Waals surface area contributed by atoms with Gasteiger partial charge in [-0.15, -0.1) is 0 Å². The molecule has 0 spiro atoms. The van der Waals surface area contributed by atoms with E-state index in [9.17, 15) is 0 Å². The molecule has 2 heterocycles. The van der Waals surface area contributed by atoms with E-state index in [1.807, 2.05) is 36.1 Å². The molecule has 0 atom stereocenters. The van der Waals surface area contributed by atoms with Crippen LogP contribution in [0.1, 0.15) is 11.3 Å². The number of nitrogens with one attached hydrogen (secondary N) is 1. The number of halogens is 1. The molecular weight excluding hydrogens is 300 g/mol. The molecule has 1 aromatic carbocycles. The fourth-order valence-electron chi connectivity index (χ4n) is 2.57. The van der Waals surface area contributed by atoms with E-state index in [1.54, 1.807) is 0 Å². The smallest absolute Gasteiger partial charge is 0.0594 e. The molecule has 5 nitrogen and oxygen atoms in total. The van der Waals surface area contributed by atoms with Gasteiger partial charge in [0.2, 0.25) is 0 Å². The van der Waals surface area contributed by atoms with E-state index < -0.39 is 0 Å². The molecule has 0 radical (unpaired) electrons. The van der Waals surface area contributed by atoms with Crippen molar-refractivity contribution >= 4 is 17.3 Å². The van der Waals surface area contributed by atoms with Gasteiger partial charge in [-0.1, -0.05) is 11.6 Å². The van der Waals surface area contributed by atoms with Crippen molar-refractivity contribution in [3.63, 3.8) is 0 Å². The van der Waals surface area contributed by atoms with Crippen LogP contribution in [-0.2, 0) is 24.9 Å². The van der Waals surface area contributed by atoms with E-state index in [0.717, 1.165) is 61.4 Å². The highest BCUT2D eigenvalue weighted by Crippen LogP contribution is 2.23. The van der Waals surface area contributed by atoms with Crippen molar-refractivity contribution in [2.24, 2.45) is 7.05 Å². The molecule has 22 heavy (non-hydrogen) atoms. The summed E-state index contributed by atoms with van der Waals surface area (Å²) in [6.07, 6.45) is 1.81. The Kier molecular flexibility index (Phi) is 4.97. The first kappa shape index (κ1) is 15.3. The van der Waals surface area contributed by atoms with E-state index in [2.05, 4.69) is 21.4 Å². The molecule has 6 heteroatoms. The van der Waals surface area contributed by atoms with E-state index >= 15 is 0 Å². The van der Waals surface area contributed by atoms with Gasteiger partial charge in [0.15, 0.2) is 0 Å². The van der Waals surface area contributed by atoms with Gasteiger partial charge in [-0.25, -0.2) is 0 Å². The van der Waals surface area contributed by atoms with Gasteiger partial charge in [0, 0.05) is 43.6 Å². The van der Waals surface area contributed by atoms with Crippen LogP contribution in [0.5, 0.6) is 0 Å². The Bertz CT molecular complexity index is 622. The molecule has 0 bridgehead atoms. The molecule has 1 fully saturated rings. The van der Waals surface area contributed by atoms with Crippen molar-refractivity contribution in [1.82, 2.24) is 14.7 Å². The lowest BCUT2D eigenvalue weighted by molar-refractivity contribution is 0.0342. The number of anilines is 1. The maximum atomic E-state index is 6.34. The predicted octanol–water partition coefficient (Wildman–Crippen LogP) is 2.52. The number of benzene rings is 1. The van der Waals surface area contributed by atoms with Crippen LogP contribution in [0.4, 0.5) is 5.69 Å². The summed E-state index contributed by atoms with van der Waals surface area (Å²) in [7, 11) is 1.95. The maximum absolute atomic E-state index is 6.34. The second kappa shape index (κ2) is 7.13. The van der Waals surface area contributed by atoms with Gasteiger partial charge in [-0.3, -0.25) is 9.58 Å². The van der Waals surface area contributed by atoms with Crippen LogP contribution in [0.3, 0.4) is 0 Å². The monoisotopic (exact) mass is 320 g/mol. The lowest BCUT2D eigenvalue weighted by Gasteiger charge is -2.27. The summed E-state index contributed by atoms with van der Waals surface area (Å²) < 4.78 is 7.26. The first-order valence-electron chi connectivity index (χ1n) is 7.51. The molecule has 0 unspecified atom stereocenters. The molecule has 1 N–H and O–H groups in total. The third kappa shape index (κ3) is 3.80. The molecule has 1 aliphatic heterocycles. The molecule has 0 aliphatic carbocycles. The quantitative estimate of drug-likeness (QED) is 0.919. The first-order valence-corrected chi connectivity index (χ1v) is 7.89. The molecule has 1 saturated heterocycles. The Balaban J connectivity index is 1.65. The van der Waals surface area contributed by atoms with Crippen LogP contribution in [0.15, 0.2) is 30.5 Å². The number of rotatable bonds is 5. The molecule has 2 aromatic rings. The second-order valence-corrected chi connectivity index (χ2v) is 5.90. The fourth-order valence-corrected chi connectivity index (χ4v) is 2.75. The highest BCUT2D eigenvalue weighted by Gasteiger charge is 2.13. The Morgan fingerprint density at radius 3 is 2.82 bits per heavy atom. The molecule has 0 amide bonds. The summed E-state index contributed by atoms with van der Waals surface area (Å²) in [5.41, 5.74) is 3.37. The summed E-state index contributed by atoms with van der Waals surface area (Å²) in [5, 5.41) is 8.42. The van der Waals surface area contributed by atoms with Crippen LogP contribution in [0, 0.1) is 0 Å². The number of aryl methyl sites for hydroxylation is 1. The zero-order valence-corrected chi connectivity index (χ0v) is 13.5. The van der Waals surface area contributed by atoms with E-state index in [-0.39, 0.29) is 0 Å². The van der Waals surface area contributed by atoms with Gasteiger partial charge in [0.1, 0.15) is 0 Å². The first-order chi connectivity index (χ1) is 10.7. The van der Waals surface area contributed by atoms with Crippen molar-refractivity contribution in [2.45, 2.75) is 13.1 Å². The zero-order chi connectivity index (χ0) is 15.4. The Morgan fingerprint density at radius 2 is 2.09 bits per heavy atom. The maximum Gasteiger partial charge on any atom is 0.0594 e. The van der Waals surface area contributed by atoms with Crippen LogP contribution in [0.2, 0.25) is 5.02 Å². The van der Waals surface area contributed by atoms with Crippen molar-refractivity contribution in [3.05, 3.63) is 46.7 Å². The summed E-state index contributed by atoms with van der Waals surface area (Å²) >= 11 is 6.34. The number of morpholine rings is 1. The molecule has 118 valence electrons. The lowest BCUT2D eigenvalue weighted by atomic mass is 10.1. The normalized spacial score (nSPS) is 15.9. The lowest BCUT2D eigenvalue weighted by Crippen LogP contribution is -2.35. The topological polar surface area (TPSA) is 42.3 Å². The van der Waals surface area contributed by atoms with E-state index in [4.69, 9.17) is 16.3 Å². The standard InChI is InChI=1S/C16H21ClN4O/c1-20-15(4-5-19-20)11-18-14-2-3-16(17)13(10-14)12-21-6-8-22-9-7-21/h2-5,10,18H,6-9,11-12H2,1H3. The van der Waals surface area contributed by atoms with Crippen LogP contribution in [-0.4, -0.2) is 41.0 Å². The number of aromatic nitrogens is 2. The molecule has 1 aliphatic rings. The van der Waals surface area contributed by atoms with Crippen molar-refractivity contribution in [1.29, 1.82) is 0 Å². The Hall–Kier alpha value is -1.56. The number of hydrogen-bond acceptors (Lipinski definition) is 4. The second-order valence-electron chi connectivity index (χ2n) is 5.49. The average Bonchev–Trinajstić information content (AvgIpc) is 2.94. The number of hydrogen-bond donors (Lipinski definition) is 1. The zero-order valence-electron chi connectivity index (χ0n) is 12.8. The largest absolute Gasteiger partial charge is 0.379 e. The predicted molar refractivity (Wildman–Crippen MR) is 88.1 cm³/mol. The molecule has 0 saturated carbocycles. The van der Waals surface area contributed by atoms with E-state index in [0.29, 0.717) is 0 Å². The van der Waals surface area contributed by atoms with Gasteiger partial charge >= 0.3 is 0 Å². The average molecular weight is 321 g/mol. The molecule has 1 aromatic heterocycles. The van der Waals surface area contributed by atoms with Gasteiger partial charge in [0.25, 0.3) is 0 Å². The minimum absolute atomic E-state index is 0.745. The highest BCUT2D eigenvalue weighted by molar-refractivity contribution is 6.31. The van der Waals surface area contributed by atoms with E-state index in [1.165, 1.54) is 0 Å². The summed E-state index contributed by atoms with van der Waals surface area (Å²) in [4.78, 5) is 2.37. The van der Waals surface area contributed by atoms with Crippen LogP contribution in [0.25, 0.3) is 0 Å². The highest BCUT2D eigenvalue weighted by atomic mass is 35.5. The summed E-state index contributed by atoms with van der Waals surface area (Å²) in [5.74, 6) is 0. The van der Waals surface area contributed by atoms with Crippen molar-refractivity contribution in [2.75, 3.05) is 31.6 Å². The molecule has 3 rings (SSSR count). The Labute approximate surface area is 135 Å². The minimum Gasteiger partial charge on any atom is -0.379 e. The third-order valence-corrected chi connectivity index (χ3v) is 4.31. The summed E-state index contributed by atoms with van der Waals surface area (Å²) in [6.45, 7) is 5.14.